The highest BCUT2D eigenvalue weighted by atomic mass is 16.2. The molecule has 1 amide bonds. The summed E-state index contributed by atoms with van der Waals surface area (Å²) in [7, 11) is 1.81. The number of terminal acetylenes is 1. The van der Waals surface area contributed by atoms with Crippen molar-refractivity contribution in [3.8, 4) is 12.3 Å². The summed E-state index contributed by atoms with van der Waals surface area (Å²) in [6, 6.07) is 0. The van der Waals surface area contributed by atoms with Crippen LogP contribution in [0.1, 0.15) is 6.42 Å². The molecule has 1 saturated heterocycles. The van der Waals surface area contributed by atoms with E-state index in [9.17, 15) is 4.79 Å². The highest BCUT2D eigenvalue weighted by Gasteiger charge is 2.12. The van der Waals surface area contributed by atoms with Crippen molar-refractivity contribution >= 4 is 5.91 Å². The van der Waals surface area contributed by atoms with Gasteiger partial charge in [0.15, 0.2) is 0 Å². The molecule has 0 radical (unpaired) electrons. The Morgan fingerprint density at radius 3 is 2.80 bits per heavy atom. The molecule has 0 unspecified atom stereocenters. The Balaban J connectivity index is 2.18. The van der Waals surface area contributed by atoms with E-state index in [1.54, 1.807) is 4.90 Å². The van der Waals surface area contributed by atoms with E-state index in [0.717, 1.165) is 39.3 Å². The van der Waals surface area contributed by atoms with Crippen molar-refractivity contribution in [3.63, 3.8) is 0 Å². The van der Waals surface area contributed by atoms with Crippen LogP contribution >= 0.6 is 0 Å². The smallest absolute Gasteiger partial charge is 0.234 e. The van der Waals surface area contributed by atoms with Gasteiger partial charge in [0.25, 0.3) is 0 Å². The summed E-state index contributed by atoms with van der Waals surface area (Å²) >= 11 is 0. The van der Waals surface area contributed by atoms with Gasteiger partial charge in [-0.3, -0.25) is 9.69 Å². The summed E-state index contributed by atoms with van der Waals surface area (Å²) in [6.45, 7) is 5.92. The number of carbonyl (C=O) groups is 1. The maximum atomic E-state index is 11.4. The van der Waals surface area contributed by atoms with Crippen molar-refractivity contribution < 1.29 is 4.79 Å². The first-order valence-corrected chi connectivity index (χ1v) is 5.34. The Labute approximate surface area is 91.6 Å². The molecule has 0 saturated carbocycles. The van der Waals surface area contributed by atoms with Gasteiger partial charge in [-0.1, -0.05) is 5.92 Å². The van der Waals surface area contributed by atoms with E-state index in [0.29, 0.717) is 0 Å². The minimum Gasteiger partial charge on any atom is -0.344 e. The van der Waals surface area contributed by atoms with E-state index in [4.69, 9.17) is 6.42 Å². The molecule has 0 aromatic rings. The van der Waals surface area contributed by atoms with Gasteiger partial charge in [-0.15, -0.1) is 6.42 Å². The van der Waals surface area contributed by atoms with Gasteiger partial charge < -0.3 is 10.2 Å². The fourth-order valence-corrected chi connectivity index (χ4v) is 1.57. The standard InChI is InChI=1S/C11H19N3O/c1-3-4-11(15)13(2)9-10-14-7-5-12-6-8-14/h1,12H,4-10H2,2H3. The molecule has 15 heavy (non-hydrogen) atoms. The van der Waals surface area contributed by atoms with Crippen LogP contribution in [-0.2, 0) is 4.79 Å². The zero-order valence-electron chi connectivity index (χ0n) is 9.33. The van der Waals surface area contributed by atoms with Gasteiger partial charge in [-0.2, -0.15) is 0 Å². The van der Waals surface area contributed by atoms with E-state index < -0.39 is 0 Å². The van der Waals surface area contributed by atoms with Gasteiger partial charge in [0.1, 0.15) is 0 Å². The molecule has 4 nitrogen and oxygen atoms in total. The second kappa shape index (κ2) is 6.44. The second-order valence-electron chi connectivity index (χ2n) is 3.79. The normalized spacial score (nSPS) is 17.1. The van der Waals surface area contributed by atoms with E-state index in [2.05, 4.69) is 16.1 Å². The molecule has 0 aromatic carbocycles. The number of nitrogens with zero attached hydrogens (tertiary/aromatic N) is 2. The molecule has 1 aliphatic heterocycles. The number of amides is 1. The highest BCUT2D eigenvalue weighted by Crippen LogP contribution is 1.94. The van der Waals surface area contributed by atoms with Gasteiger partial charge in [0.2, 0.25) is 5.91 Å². The van der Waals surface area contributed by atoms with Crippen molar-refractivity contribution in [2.45, 2.75) is 6.42 Å². The first kappa shape index (κ1) is 12.0. The topological polar surface area (TPSA) is 35.6 Å². The van der Waals surface area contributed by atoms with E-state index in [1.165, 1.54) is 0 Å². The Morgan fingerprint density at radius 2 is 2.20 bits per heavy atom. The van der Waals surface area contributed by atoms with Crippen molar-refractivity contribution in [2.75, 3.05) is 46.3 Å². The predicted octanol–water partition coefficient (Wildman–Crippen LogP) is -0.627. The lowest BCUT2D eigenvalue weighted by Gasteiger charge is -2.28. The minimum atomic E-state index is 0.0348. The number of rotatable bonds is 4. The highest BCUT2D eigenvalue weighted by molar-refractivity contribution is 5.78. The van der Waals surface area contributed by atoms with Crippen LogP contribution in [0.4, 0.5) is 0 Å². The number of nitrogens with one attached hydrogen (secondary N) is 1. The molecule has 1 N–H and O–H groups in total. The van der Waals surface area contributed by atoms with Crippen molar-refractivity contribution in [1.82, 2.24) is 15.1 Å². The van der Waals surface area contributed by atoms with Gasteiger partial charge in [0.05, 0.1) is 6.42 Å². The second-order valence-corrected chi connectivity index (χ2v) is 3.79. The van der Waals surface area contributed by atoms with Crippen molar-refractivity contribution in [1.29, 1.82) is 0 Å². The molecule has 0 aliphatic carbocycles. The first-order chi connectivity index (χ1) is 7.24. The number of hydrogen-bond donors (Lipinski definition) is 1. The number of carbonyl (C=O) groups excluding carboxylic acids is 1. The Bertz CT molecular complexity index is 241. The molecule has 84 valence electrons. The summed E-state index contributed by atoms with van der Waals surface area (Å²) in [5.74, 6) is 2.41. The van der Waals surface area contributed by atoms with Crippen LogP contribution in [-0.4, -0.2) is 62.0 Å². The molecule has 1 heterocycles. The summed E-state index contributed by atoms with van der Waals surface area (Å²) in [4.78, 5) is 15.4. The van der Waals surface area contributed by atoms with Crippen molar-refractivity contribution in [3.05, 3.63) is 0 Å². The molecule has 0 aromatic heterocycles. The van der Waals surface area contributed by atoms with Crippen LogP contribution in [0.2, 0.25) is 0 Å². The molecule has 1 fully saturated rings. The summed E-state index contributed by atoms with van der Waals surface area (Å²) < 4.78 is 0. The summed E-state index contributed by atoms with van der Waals surface area (Å²) in [5.41, 5.74) is 0. The minimum absolute atomic E-state index is 0.0348. The number of likely N-dealkylation sites (N-methyl/N-ethyl adjacent to an activating group) is 1. The van der Waals surface area contributed by atoms with Crippen LogP contribution < -0.4 is 5.32 Å². The molecule has 0 spiro atoms. The lowest BCUT2D eigenvalue weighted by Crippen LogP contribution is -2.46. The van der Waals surface area contributed by atoms with Gasteiger partial charge >= 0.3 is 0 Å². The van der Waals surface area contributed by atoms with Crippen LogP contribution in [0.3, 0.4) is 0 Å². The van der Waals surface area contributed by atoms with Crippen LogP contribution in [0.15, 0.2) is 0 Å². The molecular formula is C11H19N3O. The van der Waals surface area contributed by atoms with Gasteiger partial charge in [-0.05, 0) is 0 Å². The largest absolute Gasteiger partial charge is 0.344 e. The summed E-state index contributed by atoms with van der Waals surface area (Å²) in [6.07, 6.45) is 5.30. The lowest BCUT2D eigenvalue weighted by molar-refractivity contribution is -0.129. The molecule has 1 rings (SSSR count). The molecule has 0 atom stereocenters. The Morgan fingerprint density at radius 1 is 1.53 bits per heavy atom. The van der Waals surface area contributed by atoms with E-state index >= 15 is 0 Å². The number of piperazine rings is 1. The number of hydrogen-bond acceptors (Lipinski definition) is 3. The first-order valence-electron chi connectivity index (χ1n) is 5.34. The third kappa shape index (κ3) is 4.32. The zero-order chi connectivity index (χ0) is 11.1. The molecular weight excluding hydrogens is 190 g/mol. The van der Waals surface area contributed by atoms with E-state index in [1.807, 2.05) is 7.05 Å². The van der Waals surface area contributed by atoms with Crippen molar-refractivity contribution in [2.24, 2.45) is 0 Å². The monoisotopic (exact) mass is 209 g/mol. The van der Waals surface area contributed by atoms with Gasteiger partial charge in [-0.25, -0.2) is 0 Å². The maximum absolute atomic E-state index is 11.4. The zero-order valence-corrected chi connectivity index (χ0v) is 9.33. The average molecular weight is 209 g/mol. The van der Waals surface area contributed by atoms with E-state index in [-0.39, 0.29) is 12.3 Å². The average Bonchev–Trinajstić information content (AvgIpc) is 2.27. The summed E-state index contributed by atoms with van der Waals surface area (Å²) in [5, 5.41) is 3.30. The third-order valence-corrected chi connectivity index (χ3v) is 2.64. The maximum Gasteiger partial charge on any atom is 0.234 e. The van der Waals surface area contributed by atoms with Crippen LogP contribution in [0.25, 0.3) is 0 Å². The predicted molar refractivity (Wildman–Crippen MR) is 60.4 cm³/mol. The fraction of sp³-hybridized carbons (Fsp3) is 0.727. The SMILES string of the molecule is C#CCC(=O)N(C)CCN1CCNCC1. The molecule has 4 heteroatoms. The van der Waals surface area contributed by atoms with Crippen LogP contribution in [0.5, 0.6) is 0 Å². The molecule has 0 bridgehead atoms. The third-order valence-electron chi connectivity index (χ3n) is 2.64. The Hall–Kier alpha value is -1.05. The quantitative estimate of drug-likeness (QED) is 0.626. The van der Waals surface area contributed by atoms with Crippen LogP contribution in [0, 0.1) is 12.3 Å². The van der Waals surface area contributed by atoms with Gasteiger partial charge in [0, 0.05) is 46.3 Å². The molecule has 1 aliphatic rings. The lowest BCUT2D eigenvalue weighted by atomic mass is 10.3. The Kier molecular flexibility index (Phi) is 5.16. The fourth-order valence-electron chi connectivity index (χ4n) is 1.57.